The Morgan fingerprint density at radius 1 is 1.36 bits per heavy atom. The second-order valence-corrected chi connectivity index (χ2v) is 3.38. The molecule has 0 rings (SSSR count). The highest BCUT2D eigenvalue weighted by molar-refractivity contribution is 6.19. The van der Waals surface area contributed by atoms with Crippen molar-refractivity contribution in [1.82, 2.24) is 0 Å². The number of halogens is 1. The summed E-state index contributed by atoms with van der Waals surface area (Å²) in [5.74, 6) is 0.0471. The zero-order valence-electron chi connectivity index (χ0n) is 8.35. The number of carbonyl (C=O) groups is 2. The van der Waals surface area contributed by atoms with E-state index in [9.17, 15) is 9.59 Å². The highest BCUT2D eigenvalue weighted by atomic mass is 35.5. The molecule has 0 aliphatic rings. The molecule has 0 heterocycles. The molecule has 0 unspecified atom stereocenters. The molecular formula is C10H15ClO3. The van der Waals surface area contributed by atoms with Gasteiger partial charge in [0, 0.05) is 24.3 Å². The summed E-state index contributed by atoms with van der Waals surface area (Å²) < 4.78 is 4.81. The quantitative estimate of drug-likeness (QED) is 0.284. The number of carbonyl (C=O) groups excluding carboxylic acids is 2. The molecule has 0 atom stereocenters. The van der Waals surface area contributed by atoms with Crippen LogP contribution in [0.3, 0.4) is 0 Å². The lowest BCUT2D eigenvalue weighted by Crippen LogP contribution is -2.08. The minimum Gasteiger partial charge on any atom is -0.462 e. The molecule has 0 saturated heterocycles. The van der Waals surface area contributed by atoms with Gasteiger partial charge in [-0.25, -0.2) is 4.79 Å². The Morgan fingerprint density at radius 3 is 2.50 bits per heavy atom. The molecule has 0 amide bonds. The van der Waals surface area contributed by atoms with E-state index in [1.807, 2.05) is 0 Å². The summed E-state index contributed by atoms with van der Waals surface area (Å²) >= 11 is 5.38. The molecule has 0 radical (unpaired) electrons. The van der Waals surface area contributed by atoms with Gasteiger partial charge in [-0.1, -0.05) is 6.58 Å². The van der Waals surface area contributed by atoms with Crippen LogP contribution in [0.25, 0.3) is 0 Å². The van der Waals surface area contributed by atoms with Gasteiger partial charge in [-0.15, -0.1) is 11.6 Å². The van der Waals surface area contributed by atoms with Crippen LogP contribution < -0.4 is 0 Å². The third-order valence-corrected chi connectivity index (χ3v) is 1.74. The first-order valence-electron chi connectivity index (χ1n) is 4.48. The predicted octanol–water partition coefficient (Wildman–Crippen LogP) is 2.08. The van der Waals surface area contributed by atoms with Gasteiger partial charge in [0.15, 0.2) is 0 Å². The Bertz CT molecular complexity index is 223. The highest BCUT2D eigenvalue weighted by Crippen LogP contribution is 1.99. The maximum atomic E-state index is 11.0. The van der Waals surface area contributed by atoms with Crippen molar-refractivity contribution in [2.75, 3.05) is 12.5 Å². The number of Topliss-reactive ketones (excluding diaryl/α,β-unsaturated/α-hetero) is 1. The number of rotatable bonds is 7. The fraction of sp³-hybridized carbons (Fsp3) is 0.600. The smallest absolute Gasteiger partial charge is 0.333 e. The average Bonchev–Trinajstić information content (AvgIpc) is 2.12. The molecule has 4 heteroatoms. The lowest BCUT2D eigenvalue weighted by Gasteiger charge is -2.03. The standard InChI is InChI=1S/C10H15ClO3/c1-8(2)10(13)14-7-3-4-9(12)5-6-11/h1,3-7H2,2H3. The second kappa shape index (κ2) is 7.56. The van der Waals surface area contributed by atoms with Gasteiger partial charge in [-0.05, 0) is 13.3 Å². The summed E-state index contributed by atoms with van der Waals surface area (Å²) in [7, 11) is 0. The first-order chi connectivity index (χ1) is 6.57. The van der Waals surface area contributed by atoms with Crippen LogP contribution in [0, 0.1) is 0 Å². The lowest BCUT2D eigenvalue weighted by molar-refractivity contribution is -0.139. The van der Waals surface area contributed by atoms with E-state index in [1.165, 1.54) is 0 Å². The molecule has 3 nitrogen and oxygen atoms in total. The SMILES string of the molecule is C=C(C)C(=O)OCCCC(=O)CCCl. The van der Waals surface area contributed by atoms with Crippen molar-refractivity contribution in [1.29, 1.82) is 0 Å². The van der Waals surface area contributed by atoms with Gasteiger partial charge in [-0.2, -0.15) is 0 Å². The van der Waals surface area contributed by atoms with Crippen LogP contribution >= 0.6 is 11.6 Å². The summed E-state index contributed by atoms with van der Waals surface area (Å²) in [4.78, 5) is 21.9. The third kappa shape index (κ3) is 6.66. The molecule has 14 heavy (non-hydrogen) atoms. The van der Waals surface area contributed by atoms with Crippen molar-refractivity contribution in [3.8, 4) is 0 Å². The Labute approximate surface area is 89.1 Å². The van der Waals surface area contributed by atoms with E-state index in [2.05, 4.69) is 6.58 Å². The van der Waals surface area contributed by atoms with Crippen molar-refractivity contribution >= 4 is 23.4 Å². The molecule has 0 aliphatic heterocycles. The molecule has 0 aromatic heterocycles. The van der Waals surface area contributed by atoms with E-state index < -0.39 is 5.97 Å². The number of esters is 1. The molecule has 0 bridgehead atoms. The number of hydrogen-bond acceptors (Lipinski definition) is 3. The van der Waals surface area contributed by atoms with Crippen molar-refractivity contribution in [2.45, 2.75) is 26.2 Å². The first kappa shape index (κ1) is 13.2. The topological polar surface area (TPSA) is 43.4 Å². The molecule has 0 aliphatic carbocycles. The fourth-order valence-corrected chi connectivity index (χ4v) is 0.999. The number of ether oxygens (including phenoxy) is 1. The van der Waals surface area contributed by atoms with Crippen molar-refractivity contribution in [3.63, 3.8) is 0 Å². The van der Waals surface area contributed by atoms with E-state index in [4.69, 9.17) is 16.3 Å². The first-order valence-corrected chi connectivity index (χ1v) is 5.01. The molecule has 0 saturated carbocycles. The summed E-state index contributed by atoms with van der Waals surface area (Å²) in [6, 6.07) is 0. The minimum absolute atomic E-state index is 0.103. The normalized spacial score (nSPS) is 9.57. The zero-order chi connectivity index (χ0) is 11.0. The number of hydrogen-bond donors (Lipinski definition) is 0. The molecular weight excluding hydrogens is 204 g/mol. The van der Waals surface area contributed by atoms with E-state index >= 15 is 0 Å². The summed E-state index contributed by atoms with van der Waals surface area (Å²) in [5, 5.41) is 0. The Kier molecular flexibility index (Phi) is 7.11. The van der Waals surface area contributed by atoms with E-state index in [0.717, 1.165) is 0 Å². The number of ketones is 1. The van der Waals surface area contributed by atoms with Crippen LogP contribution in [0.1, 0.15) is 26.2 Å². The van der Waals surface area contributed by atoms with E-state index in [1.54, 1.807) is 6.92 Å². The molecule has 0 N–H and O–H groups in total. The van der Waals surface area contributed by atoms with Gasteiger partial charge in [0.25, 0.3) is 0 Å². The summed E-state index contributed by atoms with van der Waals surface area (Å²) in [5.41, 5.74) is 0.372. The van der Waals surface area contributed by atoms with Gasteiger partial charge < -0.3 is 4.74 Å². The third-order valence-electron chi connectivity index (χ3n) is 1.55. The lowest BCUT2D eigenvalue weighted by atomic mass is 10.2. The average molecular weight is 219 g/mol. The van der Waals surface area contributed by atoms with E-state index in [-0.39, 0.29) is 12.4 Å². The summed E-state index contributed by atoms with van der Waals surface area (Å²) in [6.45, 7) is 5.29. The van der Waals surface area contributed by atoms with Gasteiger partial charge in [0.2, 0.25) is 0 Å². The molecule has 0 aromatic carbocycles. The maximum Gasteiger partial charge on any atom is 0.333 e. The fourth-order valence-electron chi connectivity index (χ4n) is 0.788. The minimum atomic E-state index is -0.408. The highest BCUT2D eigenvalue weighted by Gasteiger charge is 2.04. The van der Waals surface area contributed by atoms with Crippen LogP contribution in [-0.2, 0) is 14.3 Å². The Morgan fingerprint density at radius 2 is 2.00 bits per heavy atom. The van der Waals surface area contributed by atoms with Crippen LogP contribution in [0.5, 0.6) is 0 Å². The monoisotopic (exact) mass is 218 g/mol. The van der Waals surface area contributed by atoms with Gasteiger partial charge in [0.05, 0.1) is 6.61 Å². The van der Waals surface area contributed by atoms with Crippen LogP contribution in [-0.4, -0.2) is 24.2 Å². The molecule has 0 aromatic rings. The number of alkyl halides is 1. The molecule has 0 fully saturated rings. The zero-order valence-corrected chi connectivity index (χ0v) is 9.10. The van der Waals surface area contributed by atoms with Gasteiger partial charge in [-0.3, -0.25) is 4.79 Å². The maximum absolute atomic E-state index is 11.0. The molecule has 80 valence electrons. The predicted molar refractivity (Wildman–Crippen MR) is 55.4 cm³/mol. The van der Waals surface area contributed by atoms with Crippen LogP contribution in [0.2, 0.25) is 0 Å². The Balaban J connectivity index is 3.42. The Hall–Kier alpha value is -0.830. The summed E-state index contributed by atoms with van der Waals surface area (Å²) in [6.07, 6.45) is 1.35. The van der Waals surface area contributed by atoms with Gasteiger partial charge >= 0.3 is 5.97 Å². The van der Waals surface area contributed by atoms with Crippen molar-refractivity contribution in [3.05, 3.63) is 12.2 Å². The van der Waals surface area contributed by atoms with Crippen molar-refractivity contribution < 1.29 is 14.3 Å². The van der Waals surface area contributed by atoms with Crippen LogP contribution in [0.15, 0.2) is 12.2 Å². The van der Waals surface area contributed by atoms with Gasteiger partial charge in [0.1, 0.15) is 5.78 Å². The van der Waals surface area contributed by atoms with Crippen molar-refractivity contribution in [2.24, 2.45) is 0 Å². The molecule has 0 spiro atoms. The van der Waals surface area contributed by atoms with E-state index in [0.29, 0.717) is 30.7 Å². The largest absolute Gasteiger partial charge is 0.462 e. The second-order valence-electron chi connectivity index (χ2n) is 3.00. The van der Waals surface area contributed by atoms with Crippen LogP contribution in [0.4, 0.5) is 0 Å².